The SMILES string of the molecule is C[Si]C.Cl.Cl.[C-]1=CC=CC1.[CH3-].[CH3-].[CH3-].[CH3-].[CH3-].[CH3-].[Zr].[c-]1cc2ccccc2[nH]1. The average Bonchev–Trinajstić information content (AvgIpc) is 3.05. The van der Waals surface area contributed by atoms with Crippen LogP contribution in [0.3, 0.4) is 0 Å². The number of aromatic nitrogens is 1. The van der Waals surface area contributed by atoms with Crippen molar-refractivity contribution in [3.8, 4) is 0 Å². The Kier molecular flexibility index (Phi) is 86.1. The van der Waals surface area contributed by atoms with Crippen molar-refractivity contribution in [3.63, 3.8) is 0 Å². The second-order valence-corrected chi connectivity index (χ2v) is 4.50. The third-order valence-corrected chi connectivity index (χ3v) is 1.98. The van der Waals surface area contributed by atoms with E-state index >= 15 is 0 Å². The molecule has 1 aliphatic rings. The number of allylic oxidation sites excluding steroid dienone is 4. The molecule has 0 spiro atoms. The van der Waals surface area contributed by atoms with Crippen molar-refractivity contribution < 1.29 is 26.2 Å². The fraction of sp³-hybridized carbons (Fsp3) is 0.143. The number of para-hydroxylation sites is 1. The number of fused-ring (bicyclic) bond motifs is 1. The van der Waals surface area contributed by atoms with Gasteiger partial charge in [-0.3, -0.25) is 6.08 Å². The summed E-state index contributed by atoms with van der Waals surface area (Å²) in [5.41, 5.74) is 1.15. The first-order valence-electron chi connectivity index (χ1n) is 5.62. The molecule has 0 bridgehead atoms. The van der Waals surface area contributed by atoms with E-state index in [0.29, 0.717) is 0 Å². The molecule has 0 saturated heterocycles. The van der Waals surface area contributed by atoms with Crippen LogP contribution in [0.1, 0.15) is 6.42 Å². The van der Waals surface area contributed by atoms with Gasteiger partial charge < -0.3 is 49.5 Å². The number of hydrogen-bond acceptors (Lipinski definition) is 0. The van der Waals surface area contributed by atoms with Gasteiger partial charge in [0.25, 0.3) is 0 Å². The van der Waals surface area contributed by atoms with Crippen LogP contribution in [0.2, 0.25) is 13.1 Å². The van der Waals surface area contributed by atoms with Crippen molar-refractivity contribution in [1.29, 1.82) is 0 Å². The fourth-order valence-corrected chi connectivity index (χ4v) is 1.27. The number of benzene rings is 1. The van der Waals surface area contributed by atoms with E-state index in [-0.39, 0.29) is 95.6 Å². The largest absolute Gasteiger partial charge is 0.477 e. The zero-order valence-corrected chi connectivity index (χ0v) is 22.7. The Morgan fingerprint density at radius 3 is 1.77 bits per heavy atom. The molecular weight excluding hydrogens is 456 g/mol. The maximum atomic E-state index is 2.99. The normalized spacial score (nSPS) is 7.62. The number of H-pyrrole nitrogens is 1. The molecule has 1 nitrogen and oxygen atoms in total. The van der Waals surface area contributed by atoms with Crippen molar-refractivity contribution >= 4 is 45.2 Å². The number of hydrogen-bond donors (Lipinski definition) is 1. The second kappa shape index (κ2) is 39.8. The first kappa shape index (κ1) is 56.2. The minimum absolute atomic E-state index is 0. The first-order chi connectivity index (χ1) is 8.38. The molecule has 3 rings (SSSR count). The Balaban J connectivity index is -0.0000000222. The molecule has 1 aromatic heterocycles. The summed E-state index contributed by atoms with van der Waals surface area (Å²) in [6.45, 7) is 4.31. The minimum Gasteiger partial charge on any atom is -0.477 e. The van der Waals surface area contributed by atoms with E-state index in [2.05, 4.69) is 42.5 Å². The van der Waals surface area contributed by atoms with Crippen LogP contribution in [0.15, 0.2) is 48.6 Å². The molecule has 1 aromatic carbocycles. The van der Waals surface area contributed by atoms with Crippen LogP contribution in [0.4, 0.5) is 0 Å². The van der Waals surface area contributed by atoms with E-state index in [1.807, 2.05) is 36.4 Å². The van der Waals surface area contributed by atoms with Crippen molar-refractivity contribution in [2.45, 2.75) is 19.5 Å². The molecule has 2 radical (unpaired) electrons. The molecular formula is C21H37Cl2NSiZr-8. The third kappa shape index (κ3) is 26.2. The van der Waals surface area contributed by atoms with Crippen molar-refractivity contribution in [2.75, 3.05) is 0 Å². The molecule has 0 aliphatic heterocycles. The fourth-order valence-electron chi connectivity index (χ4n) is 1.27. The third-order valence-electron chi connectivity index (χ3n) is 1.98. The smallest absolute Gasteiger partial charge is 0.0307 e. The standard InChI is InChI=1S/C8H6N.C5H5.C2H6Si.6CH3.2ClH.Zr/c1-2-4-8-7(3-1)5-6-9-8;1-2-4-5-3-1;1-3-2;;;;;;;;;/h1-5,9H;1-3H,4H2;1-2H3;6*1H3;2*1H;/q2*-1;;6*-1;;;. The van der Waals surface area contributed by atoms with E-state index < -0.39 is 0 Å². The first-order valence-corrected chi connectivity index (χ1v) is 7.62. The zero-order valence-electron chi connectivity index (χ0n) is 17.6. The Bertz CT molecular complexity index is 445. The van der Waals surface area contributed by atoms with Crippen LogP contribution < -0.4 is 0 Å². The van der Waals surface area contributed by atoms with Gasteiger partial charge in [0.05, 0.1) is 0 Å². The van der Waals surface area contributed by atoms with Crippen molar-refractivity contribution in [1.82, 2.24) is 4.98 Å². The Labute approximate surface area is 200 Å². The second-order valence-electron chi connectivity index (χ2n) is 3.50. The minimum atomic E-state index is 0. The summed E-state index contributed by atoms with van der Waals surface area (Å²) >= 11 is 0. The van der Waals surface area contributed by atoms with Gasteiger partial charge in [0.1, 0.15) is 0 Å². The molecule has 26 heavy (non-hydrogen) atoms. The number of nitrogens with one attached hydrogen (secondary N) is 1. The van der Waals surface area contributed by atoms with Crippen LogP contribution in [0.5, 0.6) is 0 Å². The van der Waals surface area contributed by atoms with Crippen molar-refractivity contribution in [3.05, 3.63) is 105 Å². The van der Waals surface area contributed by atoms with Crippen LogP contribution in [-0.2, 0) is 26.2 Å². The summed E-state index contributed by atoms with van der Waals surface area (Å²) in [4.78, 5) is 2.99. The quantitative estimate of drug-likeness (QED) is 0.287. The van der Waals surface area contributed by atoms with Gasteiger partial charge in [-0.05, 0) is 0 Å². The summed E-state index contributed by atoms with van der Waals surface area (Å²) in [5.74, 6) is 0. The maximum absolute atomic E-state index is 2.99. The summed E-state index contributed by atoms with van der Waals surface area (Å²) in [5, 5.41) is 1.22. The number of aromatic amines is 1. The van der Waals surface area contributed by atoms with Gasteiger partial charge in [-0.25, -0.2) is 12.2 Å². The number of halogens is 2. The molecule has 1 aliphatic carbocycles. The molecule has 1 heterocycles. The van der Waals surface area contributed by atoms with E-state index in [9.17, 15) is 0 Å². The van der Waals surface area contributed by atoms with Gasteiger partial charge in [0, 0.05) is 35.7 Å². The predicted octanol–water partition coefficient (Wildman–Crippen LogP) is 7.60. The molecule has 0 saturated carbocycles. The van der Waals surface area contributed by atoms with Gasteiger partial charge in [-0.1, -0.05) is 25.2 Å². The average molecular weight is 494 g/mol. The summed E-state index contributed by atoms with van der Waals surface area (Å²) < 4.78 is 0. The predicted molar refractivity (Wildman–Crippen MR) is 129 cm³/mol. The van der Waals surface area contributed by atoms with Crippen LogP contribution in [-0.4, -0.2) is 14.5 Å². The van der Waals surface area contributed by atoms with E-state index in [0.717, 1.165) is 21.5 Å². The summed E-state index contributed by atoms with van der Waals surface area (Å²) in [7, 11) is 1.08. The molecule has 0 atom stereocenters. The monoisotopic (exact) mass is 491 g/mol. The van der Waals surface area contributed by atoms with Crippen LogP contribution in [0.25, 0.3) is 10.9 Å². The van der Waals surface area contributed by atoms with Gasteiger partial charge >= 0.3 is 0 Å². The molecule has 0 amide bonds. The van der Waals surface area contributed by atoms with Gasteiger partial charge in [-0.2, -0.15) is 17.5 Å². The van der Waals surface area contributed by atoms with E-state index in [4.69, 9.17) is 0 Å². The molecule has 0 unspecified atom stereocenters. The topological polar surface area (TPSA) is 15.8 Å². The summed E-state index contributed by atoms with van der Waals surface area (Å²) in [6, 6.07) is 10.1. The Morgan fingerprint density at radius 1 is 0.923 bits per heavy atom. The molecule has 5 heteroatoms. The van der Waals surface area contributed by atoms with Gasteiger partial charge in [0.2, 0.25) is 0 Å². The maximum Gasteiger partial charge on any atom is 0.0307 e. The van der Waals surface area contributed by atoms with Crippen LogP contribution >= 0.6 is 24.8 Å². The van der Waals surface area contributed by atoms with Gasteiger partial charge in [0.15, 0.2) is 0 Å². The Hall–Kier alpha value is -0.0800. The van der Waals surface area contributed by atoms with E-state index in [1.54, 1.807) is 0 Å². The molecule has 2 aromatic rings. The Morgan fingerprint density at radius 2 is 1.42 bits per heavy atom. The van der Waals surface area contributed by atoms with Crippen molar-refractivity contribution in [2.24, 2.45) is 0 Å². The zero-order chi connectivity index (χ0) is 12.3. The summed E-state index contributed by atoms with van der Waals surface area (Å²) in [6.07, 6.45) is 12.9. The molecule has 0 fully saturated rings. The molecule has 156 valence electrons. The molecule has 1 N–H and O–H groups in total. The van der Waals surface area contributed by atoms with Crippen LogP contribution in [0, 0.1) is 56.8 Å². The van der Waals surface area contributed by atoms with E-state index in [1.165, 1.54) is 5.39 Å². The van der Waals surface area contributed by atoms with Gasteiger partial charge in [-0.15, -0.1) is 55.1 Å². The number of rotatable bonds is 0.